The quantitative estimate of drug-likeness (QED) is 0.568. The second-order valence-electron chi connectivity index (χ2n) is 4.32. The molecule has 1 rings (SSSR count). The number of carbonyl (C=O) groups is 1. The first-order valence-corrected chi connectivity index (χ1v) is 6.41. The normalized spacial score (nSPS) is 11.1. The Morgan fingerprint density at radius 2 is 2.20 bits per heavy atom. The molecule has 0 atom stereocenters. The van der Waals surface area contributed by atoms with Gasteiger partial charge in [0.05, 0.1) is 13.7 Å². The summed E-state index contributed by atoms with van der Waals surface area (Å²) in [7, 11) is 3.32. The molecule has 0 spiro atoms. The monoisotopic (exact) mass is 281 g/mol. The molecule has 1 aromatic rings. The van der Waals surface area contributed by atoms with E-state index in [0.29, 0.717) is 19.7 Å². The number of ether oxygens (including phenoxy) is 2. The fraction of sp³-hybridized carbons (Fsp3) is 0.400. The zero-order valence-corrected chi connectivity index (χ0v) is 12.1. The van der Waals surface area contributed by atoms with Gasteiger partial charge in [-0.1, -0.05) is 12.1 Å². The topological polar surface area (TPSA) is 38.8 Å². The van der Waals surface area contributed by atoms with E-state index in [4.69, 9.17) is 9.47 Å². The summed E-state index contributed by atoms with van der Waals surface area (Å²) < 4.78 is 23.2. The van der Waals surface area contributed by atoms with E-state index in [2.05, 4.69) is 0 Å². The molecule has 0 saturated heterocycles. The largest absolute Gasteiger partial charge is 0.494 e. The average Bonchev–Trinajstić information content (AvgIpc) is 2.39. The molecule has 0 saturated carbocycles. The van der Waals surface area contributed by atoms with Gasteiger partial charge in [0.25, 0.3) is 0 Å². The molecule has 0 aliphatic rings. The zero-order valence-electron chi connectivity index (χ0n) is 12.1. The highest BCUT2D eigenvalue weighted by atomic mass is 19.1. The van der Waals surface area contributed by atoms with Crippen LogP contribution in [-0.4, -0.2) is 38.2 Å². The maximum Gasteiger partial charge on any atom is 0.330 e. The molecule has 4 nitrogen and oxygen atoms in total. The molecule has 0 radical (unpaired) electrons. The molecule has 110 valence electrons. The smallest absolute Gasteiger partial charge is 0.330 e. The lowest BCUT2D eigenvalue weighted by Crippen LogP contribution is -2.18. The number of esters is 1. The van der Waals surface area contributed by atoms with E-state index in [9.17, 15) is 9.18 Å². The summed E-state index contributed by atoms with van der Waals surface area (Å²) in [5, 5.41) is 0. The molecular weight excluding hydrogens is 261 g/mol. The summed E-state index contributed by atoms with van der Waals surface area (Å²) in [6.45, 7) is 3.28. The molecule has 0 bridgehead atoms. The Kier molecular flexibility index (Phi) is 6.73. The summed E-state index contributed by atoms with van der Waals surface area (Å²) in [6, 6.07) is 4.87. The van der Waals surface area contributed by atoms with Gasteiger partial charge in [0.15, 0.2) is 11.6 Å². The Labute approximate surface area is 118 Å². The number of halogens is 1. The lowest BCUT2D eigenvalue weighted by atomic mass is 10.2. The van der Waals surface area contributed by atoms with Crippen LogP contribution >= 0.6 is 0 Å². The third-order valence-corrected chi connectivity index (χ3v) is 2.63. The van der Waals surface area contributed by atoms with Gasteiger partial charge >= 0.3 is 5.97 Å². The van der Waals surface area contributed by atoms with E-state index >= 15 is 0 Å². The van der Waals surface area contributed by atoms with Crippen LogP contribution in [0.5, 0.6) is 5.75 Å². The van der Waals surface area contributed by atoms with Gasteiger partial charge in [0.1, 0.15) is 0 Å². The van der Waals surface area contributed by atoms with Gasteiger partial charge in [-0.15, -0.1) is 0 Å². The molecule has 0 fully saturated rings. The molecule has 0 heterocycles. The highest BCUT2D eigenvalue weighted by Gasteiger charge is 2.05. The molecule has 0 aromatic heterocycles. The van der Waals surface area contributed by atoms with Crippen LogP contribution in [0.1, 0.15) is 12.5 Å². The number of hydrogen-bond acceptors (Lipinski definition) is 4. The van der Waals surface area contributed by atoms with Crippen molar-refractivity contribution in [2.45, 2.75) is 13.5 Å². The molecule has 0 unspecified atom stereocenters. The molecular formula is C15H20FNO3. The van der Waals surface area contributed by atoms with E-state index in [0.717, 1.165) is 5.56 Å². The van der Waals surface area contributed by atoms with Crippen molar-refractivity contribution in [2.24, 2.45) is 0 Å². The molecule has 0 N–H and O–H groups in total. The summed E-state index contributed by atoms with van der Waals surface area (Å²) in [5.41, 5.74) is 0.843. The summed E-state index contributed by atoms with van der Waals surface area (Å²) in [5.74, 6) is -0.490. The van der Waals surface area contributed by atoms with Crippen LogP contribution in [0, 0.1) is 5.82 Å². The fourth-order valence-corrected chi connectivity index (χ4v) is 1.70. The first-order chi connectivity index (χ1) is 9.56. The summed E-state index contributed by atoms with van der Waals surface area (Å²) in [6.07, 6.45) is 3.12. The molecule has 0 amide bonds. The predicted molar refractivity (Wildman–Crippen MR) is 75.1 cm³/mol. The van der Waals surface area contributed by atoms with Gasteiger partial charge in [-0.05, 0) is 31.7 Å². The van der Waals surface area contributed by atoms with E-state index in [1.807, 2.05) is 18.0 Å². The van der Waals surface area contributed by atoms with E-state index in [-0.39, 0.29) is 17.5 Å². The van der Waals surface area contributed by atoms with Gasteiger partial charge < -0.3 is 9.47 Å². The number of hydrogen-bond donors (Lipinski definition) is 0. The molecule has 0 aliphatic heterocycles. The zero-order chi connectivity index (χ0) is 15.0. The standard InChI is InChI=1S/C15H20FNO3/c1-4-20-15(18)6-5-9-17(2)11-12-7-8-14(19-3)13(16)10-12/h5-8,10H,4,9,11H2,1-3H3/b6-5+. The van der Waals surface area contributed by atoms with Gasteiger partial charge in [-0.3, -0.25) is 4.90 Å². The van der Waals surface area contributed by atoms with Gasteiger partial charge in [-0.25, -0.2) is 9.18 Å². The molecule has 5 heteroatoms. The number of benzene rings is 1. The van der Waals surface area contributed by atoms with Gasteiger partial charge in [0, 0.05) is 19.2 Å². The van der Waals surface area contributed by atoms with Crippen molar-refractivity contribution < 1.29 is 18.7 Å². The van der Waals surface area contributed by atoms with Crippen molar-refractivity contribution in [3.8, 4) is 5.75 Å². The van der Waals surface area contributed by atoms with Crippen LogP contribution < -0.4 is 4.74 Å². The minimum absolute atomic E-state index is 0.235. The Balaban J connectivity index is 2.48. The highest BCUT2D eigenvalue weighted by molar-refractivity contribution is 5.81. The Hall–Kier alpha value is -1.88. The van der Waals surface area contributed by atoms with Crippen molar-refractivity contribution in [2.75, 3.05) is 27.3 Å². The number of rotatable bonds is 7. The first kappa shape index (κ1) is 16.2. The minimum atomic E-state index is -0.375. The van der Waals surface area contributed by atoms with Crippen molar-refractivity contribution in [1.82, 2.24) is 4.90 Å². The lowest BCUT2D eigenvalue weighted by molar-refractivity contribution is -0.137. The van der Waals surface area contributed by atoms with Crippen molar-refractivity contribution in [3.63, 3.8) is 0 Å². The maximum absolute atomic E-state index is 13.5. The van der Waals surface area contributed by atoms with Crippen LogP contribution in [0.25, 0.3) is 0 Å². The maximum atomic E-state index is 13.5. The first-order valence-electron chi connectivity index (χ1n) is 6.41. The second kappa shape index (κ2) is 8.32. The van der Waals surface area contributed by atoms with Crippen LogP contribution in [0.2, 0.25) is 0 Å². The van der Waals surface area contributed by atoms with Crippen LogP contribution in [0.3, 0.4) is 0 Å². The molecule has 0 aliphatic carbocycles. The second-order valence-corrected chi connectivity index (χ2v) is 4.32. The van der Waals surface area contributed by atoms with Gasteiger partial charge in [-0.2, -0.15) is 0 Å². The Morgan fingerprint density at radius 1 is 1.45 bits per heavy atom. The number of methoxy groups -OCH3 is 1. The highest BCUT2D eigenvalue weighted by Crippen LogP contribution is 2.18. The van der Waals surface area contributed by atoms with E-state index in [1.54, 1.807) is 19.1 Å². The van der Waals surface area contributed by atoms with Crippen LogP contribution in [-0.2, 0) is 16.1 Å². The minimum Gasteiger partial charge on any atom is -0.494 e. The third-order valence-electron chi connectivity index (χ3n) is 2.63. The number of nitrogens with zero attached hydrogens (tertiary/aromatic N) is 1. The van der Waals surface area contributed by atoms with E-state index in [1.165, 1.54) is 19.3 Å². The number of carbonyl (C=O) groups excluding carboxylic acids is 1. The Morgan fingerprint density at radius 3 is 2.80 bits per heavy atom. The SMILES string of the molecule is CCOC(=O)/C=C/CN(C)Cc1ccc(OC)c(F)c1. The predicted octanol–water partition coefficient (Wildman–Crippen LogP) is 2.39. The summed E-state index contributed by atoms with van der Waals surface area (Å²) in [4.78, 5) is 13.1. The Bertz CT molecular complexity index is 474. The lowest BCUT2D eigenvalue weighted by Gasteiger charge is -2.14. The fourth-order valence-electron chi connectivity index (χ4n) is 1.70. The van der Waals surface area contributed by atoms with Crippen LogP contribution in [0.4, 0.5) is 4.39 Å². The van der Waals surface area contributed by atoms with E-state index < -0.39 is 0 Å². The third kappa shape index (κ3) is 5.40. The number of likely N-dealkylation sites (N-methyl/N-ethyl adjacent to an activating group) is 1. The van der Waals surface area contributed by atoms with Crippen molar-refractivity contribution in [3.05, 3.63) is 41.7 Å². The molecule has 1 aromatic carbocycles. The van der Waals surface area contributed by atoms with Crippen molar-refractivity contribution in [1.29, 1.82) is 0 Å². The summed E-state index contributed by atoms with van der Waals surface area (Å²) >= 11 is 0. The van der Waals surface area contributed by atoms with Gasteiger partial charge in [0.2, 0.25) is 0 Å². The van der Waals surface area contributed by atoms with Crippen molar-refractivity contribution >= 4 is 5.97 Å². The van der Waals surface area contributed by atoms with Crippen LogP contribution in [0.15, 0.2) is 30.4 Å². The molecule has 20 heavy (non-hydrogen) atoms. The average molecular weight is 281 g/mol.